The smallest absolute Gasteiger partial charge is 0.216 e. The third-order valence-electron chi connectivity index (χ3n) is 3.30. The lowest BCUT2D eigenvalue weighted by molar-refractivity contribution is -0.133. The topological polar surface area (TPSA) is 37.4 Å². The molecule has 0 spiro atoms. The maximum atomic E-state index is 11.8. The second kappa shape index (κ2) is 6.25. The van der Waals surface area contributed by atoms with E-state index < -0.39 is 0 Å². The zero-order valence-electron chi connectivity index (χ0n) is 10.1. The molecule has 1 atom stereocenters. The van der Waals surface area contributed by atoms with E-state index in [4.69, 9.17) is 0 Å². The molecule has 1 aliphatic heterocycles. The number of nitrogens with zero attached hydrogens (tertiary/aromatic N) is 1. The number of ketones is 1. The van der Waals surface area contributed by atoms with E-state index in [1.165, 1.54) is 0 Å². The molecule has 2 rings (SSSR count). The van der Waals surface area contributed by atoms with Crippen molar-refractivity contribution in [3.63, 3.8) is 0 Å². The summed E-state index contributed by atoms with van der Waals surface area (Å²) >= 11 is 3.40. The number of carbonyl (C=O) groups excluding carboxylic acids is 2. The molecule has 0 N–H and O–H groups in total. The molecule has 0 radical (unpaired) electrons. The maximum absolute atomic E-state index is 11.8. The van der Waals surface area contributed by atoms with Gasteiger partial charge in [-0.1, -0.05) is 40.2 Å². The van der Waals surface area contributed by atoms with Crippen molar-refractivity contribution in [2.24, 2.45) is 0 Å². The van der Waals surface area contributed by atoms with Crippen LogP contribution >= 0.6 is 15.9 Å². The first kappa shape index (κ1) is 13.4. The number of unbranched alkanes of at least 4 members (excludes halogenated alkanes) is 1. The van der Waals surface area contributed by atoms with Crippen LogP contribution in [0.2, 0.25) is 0 Å². The monoisotopic (exact) mass is 309 g/mol. The Morgan fingerprint density at radius 3 is 2.89 bits per heavy atom. The van der Waals surface area contributed by atoms with Gasteiger partial charge in [0.2, 0.25) is 5.78 Å². The standard InChI is InChI=1S/C14H16BrNO2/c15-7-3-4-8-16-9-11-5-1-2-6-12(11)14(16)13(18)10-17/h1-2,5-6,10,14H,3-4,7-9H2. The minimum atomic E-state index is -0.367. The quantitative estimate of drug-likeness (QED) is 0.351. The number of rotatable bonds is 6. The molecule has 0 saturated heterocycles. The van der Waals surface area contributed by atoms with Crippen molar-refractivity contribution in [3.05, 3.63) is 35.4 Å². The number of aldehydes is 1. The van der Waals surface area contributed by atoms with Crippen LogP contribution in [-0.4, -0.2) is 28.8 Å². The third kappa shape index (κ3) is 2.70. The van der Waals surface area contributed by atoms with Gasteiger partial charge in [0.05, 0.1) is 0 Å². The number of hydrogen-bond donors (Lipinski definition) is 0. The Bertz CT molecular complexity index is 447. The van der Waals surface area contributed by atoms with Crippen molar-refractivity contribution in [3.8, 4) is 0 Å². The van der Waals surface area contributed by atoms with E-state index >= 15 is 0 Å². The lowest BCUT2D eigenvalue weighted by Gasteiger charge is -2.21. The second-order valence-corrected chi connectivity index (χ2v) is 5.28. The zero-order chi connectivity index (χ0) is 13.0. The lowest BCUT2D eigenvalue weighted by Crippen LogP contribution is -2.30. The van der Waals surface area contributed by atoms with Crippen molar-refractivity contribution < 1.29 is 9.59 Å². The van der Waals surface area contributed by atoms with Gasteiger partial charge in [-0.25, -0.2) is 0 Å². The van der Waals surface area contributed by atoms with E-state index in [1.807, 2.05) is 24.3 Å². The summed E-state index contributed by atoms with van der Waals surface area (Å²) in [5.74, 6) is -0.334. The molecule has 18 heavy (non-hydrogen) atoms. The Labute approximate surface area is 115 Å². The largest absolute Gasteiger partial charge is 0.295 e. The van der Waals surface area contributed by atoms with E-state index in [9.17, 15) is 9.59 Å². The molecule has 4 heteroatoms. The minimum absolute atomic E-state index is 0.334. The van der Waals surface area contributed by atoms with Crippen LogP contribution < -0.4 is 0 Å². The molecule has 3 nitrogen and oxygen atoms in total. The Kier molecular flexibility index (Phi) is 4.66. The van der Waals surface area contributed by atoms with Gasteiger partial charge < -0.3 is 0 Å². The first-order valence-electron chi connectivity index (χ1n) is 6.14. The van der Waals surface area contributed by atoms with Crippen molar-refractivity contribution in [1.29, 1.82) is 0 Å². The second-order valence-electron chi connectivity index (χ2n) is 4.49. The van der Waals surface area contributed by atoms with Gasteiger partial charge in [0.15, 0.2) is 6.29 Å². The fourth-order valence-electron chi connectivity index (χ4n) is 2.47. The molecule has 0 saturated carbocycles. The van der Waals surface area contributed by atoms with Gasteiger partial charge in [0, 0.05) is 11.9 Å². The van der Waals surface area contributed by atoms with Gasteiger partial charge >= 0.3 is 0 Å². The normalized spacial score (nSPS) is 18.6. The summed E-state index contributed by atoms with van der Waals surface area (Å²) in [7, 11) is 0. The summed E-state index contributed by atoms with van der Waals surface area (Å²) in [6, 6.07) is 7.51. The predicted octanol–water partition coefficient (Wildman–Crippen LogP) is 2.49. The van der Waals surface area contributed by atoms with Crippen molar-refractivity contribution in [1.82, 2.24) is 4.90 Å². The zero-order valence-corrected chi connectivity index (χ0v) is 11.7. The highest BCUT2D eigenvalue weighted by Gasteiger charge is 2.34. The van der Waals surface area contributed by atoms with Crippen LogP contribution in [-0.2, 0) is 16.1 Å². The van der Waals surface area contributed by atoms with Gasteiger partial charge in [0.1, 0.15) is 6.04 Å². The highest BCUT2D eigenvalue weighted by Crippen LogP contribution is 2.33. The molecule has 1 aromatic carbocycles. The summed E-state index contributed by atoms with van der Waals surface area (Å²) in [5, 5.41) is 0.972. The fourth-order valence-corrected chi connectivity index (χ4v) is 2.86. The summed E-state index contributed by atoms with van der Waals surface area (Å²) < 4.78 is 0. The number of alkyl halides is 1. The number of hydrogen-bond acceptors (Lipinski definition) is 3. The fraction of sp³-hybridized carbons (Fsp3) is 0.429. The molecule has 0 bridgehead atoms. The van der Waals surface area contributed by atoms with E-state index in [0.29, 0.717) is 6.29 Å². The van der Waals surface area contributed by atoms with E-state index in [0.717, 1.165) is 42.4 Å². The summed E-state index contributed by atoms with van der Waals surface area (Å²) in [5.41, 5.74) is 2.16. The molecule has 1 heterocycles. The van der Waals surface area contributed by atoms with Crippen LogP contribution in [0.3, 0.4) is 0 Å². The molecule has 0 aromatic heterocycles. The molecule has 0 aliphatic carbocycles. The molecule has 0 fully saturated rings. The Hall–Kier alpha value is -1.00. The van der Waals surface area contributed by atoms with Gasteiger partial charge in [-0.05, 0) is 30.5 Å². The highest BCUT2D eigenvalue weighted by molar-refractivity contribution is 9.09. The predicted molar refractivity (Wildman–Crippen MR) is 73.7 cm³/mol. The molecule has 1 aliphatic rings. The molecular weight excluding hydrogens is 294 g/mol. The first-order valence-corrected chi connectivity index (χ1v) is 7.27. The summed E-state index contributed by atoms with van der Waals surface area (Å²) in [6.07, 6.45) is 2.56. The number of fused-ring (bicyclic) bond motifs is 1. The van der Waals surface area contributed by atoms with Crippen molar-refractivity contribution in [2.45, 2.75) is 25.4 Å². The van der Waals surface area contributed by atoms with Crippen LogP contribution in [0.4, 0.5) is 0 Å². The minimum Gasteiger partial charge on any atom is -0.295 e. The van der Waals surface area contributed by atoms with Crippen LogP contribution in [0.5, 0.6) is 0 Å². The van der Waals surface area contributed by atoms with Gasteiger partial charge in [-0.3, -0.25) is 14.5 Å². The van der Waals surface area contributed by atoms with E-state index in [1.54, 1.807) is 0 Å². The van der Waals surface area contributed by atoms with Crippen molar-refractivity contribution in [2.75, 3.05) is 11.9 Å². The average Bonchev–Trinajstić information content (AvgIpc) is 2.76. The Morgan fingerprint density at radius 1 is 1.39 bits per heavy atom. The van der Waals surface area contributed by atoms with Crippen LogP contribution in [0.1, 0.15) is 30.0 Å². The highest BCUT2D eigenvalue weighted by atomic mass is 79.9. The van der Waals surface area contributed by atoms with Crippen molar-refractivity contribution >= 4 is 28.0 Å². The Balaban J connectivity index is 2.17. The number of Topliss-reactive ketones (excluding diaryl/α,β-unsaturated/α-hetero) is 1. The van der Waals surface area contributed by atoms with Gasteiger partial charge in [-0.2, -0.15) is 0 Å². The Morgan fingerprint density at radius 2 is 2.17 bits per heavy atom. The van der Waals surface area contributed by atoms with Gasteiger partial charge in [0.25, 0.3) is 0 Å². The number of carbonyl (C=O) groups is 2. The summed E-state index contributed by atoms with van der Waals surface area (Å²) in [6.45, 7) is 1.62. The molecule has 1 unspecified atom stereocenters. The summed E-state index contributed by atoms with van der Waals surface area (Å²) in [4.78, 5) is 24.7. The average molecular weight is 310 g/mol. The number of halogens is 1. The maximum Gasteiger partial charge on any atom is 0.216 e. The van der Waals surface area contributed by atoms with E-state index in [2.05, 4.69) is 20.8 Å². The van der Waals surface area contributed by atoms with Crippen LogP contribution in [0.25, 0.3) is 0 Å². The SMILES string of the molecule is O=CC(=O)C1c2ccccc2CN1CCCCBr. The third-order valence-corrected chi connectivity index (χ3v) is 3.86. The molecule has 96 valence electrons. The van der Waals surface area contributed by atoms with Gasteiger partial charge in [-0.15, -0.1) is 0 Å². The first-order chi connectivity index (χ1) is 8.77. The lowest BCUT2D eigenvalue weighted by atomic mass is 10.0. The van der Waals surface area contributed by atoms with Crippen LogP contribution in [0.15, 0.2) is 24.3 Å². The molecule has 1 aromatic rings. The van der Waals surface area contributed by atoms with E-state index in [-0.39, 0.29) is 11.8 Å². The molecule has 0 amide bonds. The molecular formula is C14H16BrNO2. The number of benzene rings is 1. The van der Waals surface area contributed by atoms with Crippen LogP contribution in [0, 0.1) is 0 Å².